The molecule has 35 heavy (non-hydrogen) atoms. The van der Waals surface area contributed by atoms with E-state index in [1.165, 1.54) is 0 Å². The third-order valence-electron chi connectivity index (χ3n) is 6.10. The van der Waals surface area contributed by atoms with Crippen LogP contribution in [0.4, 0.5) is 5.69 Å². The van der Waals surface area contributed by atoms with Crippen LogP contribution in [0.15, 0.2) is 48.5 Å². The molecule has 0 unspecified atom stereocenters. The summed E-state index contributed by atoms with van der Waals surface area (Å²) in [6.45, 7) is 3.84. The molecule has 0 fully saturated rings. The van der Waals surface area contributed by atoms with Crippen molar-refractivity contribution in [2.75, 3.05) is 11.5 Å². The van der Waals surface area contributed by atoms with Crippen molar-refractivity contribution >= 4 is 29.4 Å². The van der Waals surface area contributed by atoms with E-state index in [1.807, 2.05) is 6.92 Å². The Balaban J connectivity index is 1.98. The molecule has 1 aliphatic heterocycles. The lowest BCUT2D eigenvalue weighted by Crippen LogP contribution is -2.31. The molecule has 3 amide bonds. The van der Waals surface area contributed by atoms with E-state index < -0.39 is 23.7 Å². The predicted molar refractivity (Wildman–Crippen MR) is 129 cm³/mol. The fourth-order valence-corrected chi connectivity index (χ4v) is 4.50. The lowest BCUT2D eigenvalue weighted by atomic mass is 10.0. The van der Waals surface area contributed by atoms with Crippen molar-refractivity contribution < 1.29 is 29.1 Å². The molecule has 1 heterocycles. The molecule has 0 saturated carbocycles. The summed E-state index contributed by atoms with van der Waals surface area (Å²) in [5.41, 5.74) is 5.16. The van der Waals surface area contributed by atoms with Gasteiger partial charge in [-0.1, -0.05) is 49.7 Å². The van der Waals surface area contributed by atoms with E-state index >= 15 is 0 Å². The molecule has 0 bridgehead atoms. The second-order valence-electron chi connectivity index (χ2n) is 8.30. The van der Waals surface area contributed by atoms with Crippen LogP contribution >= 0.6 is 0 Å². The van der Waals surface area contributed by atoms with Crippen LogP contribution in [0.1, 0.15) is 68.9 Å². The van der Waals surface area contributed by atoms with Crippen molar-refractivity contribution in [3.8, 4) is 11.1 Å². The molecular weight excluding hydrogens is 448 g/mol. The van der Waals surface area contributed by atoms with Gasteiger partial charge < -0.3 is 4.74 Å². The number of nitrogens with zero attached hydrogens (tertiary/aromatic N) is 1. The molecule has 0 aromatic heterocycles. The molecule has 0 saturated heterocycles. The first-order chi connectivity index (χ1) is 16.9. The zero-order chi connectivity index (χ0) is 25.1. The van der Waals surface area contributed by atoms with Crippen LogP contribution in [0.2, 0.25) is 0 Å². The zero-order valence-electron chi connectivity index (χ0n) is 19.6. The van der Waals surface area contributed by atoms with Crippen molar-refractivity contribution in [1.29, 1.82) is 0 Å². The lowest BCUT2D eigenvalue weighted by Gasteiger charge is -2.18. The van der Waals surface area contributed by atoms with E-state index in [1.54, 1.807) is 60.9 Å². The van der Waals surface area contributed by atoms with Crippen LogP contribution in [-0.2, 0) is 22.4 Å². The number of nitrogens with one attached hydrogen (secondary N) is 1. The van der Waals surface area contributed by atoms with Crippen LogP contribution in [0, 0.1) is 0 Å². The van der Waals surface area contributed by atoms with Crippen LogP contribution in [-0.4, -0.2) is 35.5 Å². The highest BCUT2D eigenvalue weighted by Gasteiger charge is 2.42. The molecule has 1 aromatic rings. The molecule has 2 N–H and O–H groups in total. The first kappa shape index (κ1) is 24.1. The molecule has 180 valence electrons. The smallest absolute Gasteiger partial charge is 0.340 e. The highest BCUT2D eigenvalue weighted by Crippen LogP contribution is 2.46. The number of carbonyl (C=O) groups is 4. The normalized spacial score (nSPS) is 12.7. The van der Waals surface area contributed by atoms with Gasteiger partial charge in [0, 0.05) is 0 Å². The summed E-state index contributed by atoms with van der Waals surface area (Å²) >= 11 is 0. The van der Waals surface area contributed by atoms with Crippen molar-refractivity contribution in [1.82, 2.24) is 5.48 Å². The van der Waals surface area contributed by atoms with E-state index in [2.05, 4.69) is 0 Å². The second-order valence-corrected chi connectivity index (χ2v) is 8.30. The average Bonchev–Trinajstić information content (AvgIpc) is 3.19. The maximum atomic E-state index is 13.4. The average molecular weight is 475 g/mol. The number of anilines is 1. The minimum absolute atomic E-state index is 0.0575. The predicted octanol–water partition coefficient (Wildman–Crippen LogP) is 4.16. The number of amides is 3. The number of ether oxygens (including phenoxy) is 1. The molecule has 8 heteroatoms. The quantitative estimate of drug-likeness (QED) is 0.219. The minimum atomic E-state index is -0.632. The summed E-state index contributed by atoms with van der Waals surface area (Å²) in [6.07, 6.45) is 2.11. The molecule has 0 radical (unpaired) electrons. The van der Waals surface area contributed by atoms with Gasteiger partial charge >= 0.3 is 5.97 Å². The fraction of sp³-hybridized carbons (Fsp3) is 0.259. The summed E-state index contributed by atoms with van der Waals surface area (Å²) in [5, 5.41) is 8.88. The largest absolute Gasteiger partial charge is 0.462 e. The Labute approximate surface area is 202 Å². The Hall–Kier alpha value is -4.04. The maximum Gasteiger partial charge on any atom is 0.340 e. The van der Waals surface area contributed by atoms with Gasteiger partial charge in [0.15, 0.2) is 0 Å². The number of fused-ring (bicyclic) bond motifs is 2. The minimum Gasteiger partial charge on any atom is -0.462 e. The van der Waals surface area contributed by atoms with Crippen LogP contribution < -0.4 is 10.4 Å². The second kappa shape index (κ2) is 10.1. The molecule has 0 spiro atoms. The highest BCUT2D eigenvalue weighted by atomic mass is 16.5. The number of hydrogen-bond donors (Lipinski definition) is 2. The standard InChI is InChI=1S/C27H26N2O6/c1-3-5-8-19-17-13-11-16(15-22(30)28-34)12-14-18(17)23(27(33)35-4-2)24(19)29-25(31)20-9-6-7-10-21(20)26(29)32/h6-7,9-14,34H,3-5,8,15H2,1-2H3,(H,28,30). The Morgan fingerprint density at radius 1 is 0.914 bits per heavy atom. The molecule has 0 atom stereocenters. The number of unbranched alkanes of at least 4 members (excludes halogenated alkanes) is 1. The fourth-order valence-electron chi connectivity index (χ4n) is 4.50. The number of benzene rings is 1. The van der Waals surface area contributed by atoms with Crippen molar-refractivity contribution in [2.45, 2.75) is 39.5 Å². The zero-order valence-corrected chi connectivity index (χ0v) is 19.6. The summed E-state index contributed by atoms with van der Waals surface area (Å²) in [7, 11) is 0. The number of carbonyl (C=O) groups excluding carboxylic acids is 4. The molecule has 3 aliphatic rings. The van der Waals surface area contributed by atoms with E-state index in [-0.39, 0.29) is 24.3 Å². The molecule has 1 aromatic carbocycles. The monoisotopic (exact) mass is 474 g/mol. The van der Waals surface area contributed by atoms with Gasteiger partial charge in [-0.2, -0.15) is 0 Å². The van der Waals surface area contributed by atoms with Crippen molar-refractivity contribution in [2.24, 2.45) is 0 Å². The Kier molecular flexibility index (Phi) is 6.93. The van der Waals surface area contributed by atoms with Crippen LogP contribution in [0.25, 0.3) is 11.1 Å². The Morgan fingerprint density at radius 3 is 2.11 bits per heavy atom. The lowest BCUT2D eigenvalue weighted by molar-refractivity contribution is -0.128. The summed E-state index contributed by atoms with van der Waals surface area (Å²) in [5.74, 6) is -2.16. The number of rotatable bonds is 8. The van der Waals surface area contributed by atoms with Crippen molar-refractivity contribution in [3.63, 3.8) is 0 Å². The van der Waals surface area contributed by atoms with Gasteiger partial charge in [0.25, 0.3) is 11.8 Å². The number of esters is 1. The first-order valence-electron chi connectivity index (χ1n) is 11.6. The molecule has 2 aliphatic carbocycles. The first-order valence-corrected chi connectivity index (χ1v) is 11.6. The highest BCUT2D eigenvalue weighted by molar-refractivity contribution is 6.36. The molecule has 4 rings (SSSR count). The van der Waals surface area contributed by atoms with Gasteiger partial charge in [0.2, 0.25) is 5.91 Å². The van der Waals surface area contributed by atoms with E-state index in [0.717, 1.165) is 17.7 Å². The Morgan fingerprint density at radius 2 is 1.54 bits per heavy atom. The maximum absolute atomic E-state index is 13.4. The third kappa shape index (κ3) is 4.28. The number of hydroxylamine groups is 1. The van der Waals surface area contributed by atoms with E-state index in [9.17, 15) is 19.2 Å². The van der Waals surface area contributed by atoms with Gasteiger partial charge in [-0.3, -0.25) is 19.6 Å². The molecule has 8 nitrogen and oxygen atoms in total. The molecular formula is C27H26N2O6. The Bertz CT molecular complexity index is 1260. The third-order valence-corrected chi connectivity index (χ3v) is 6.10. The van der Waals surface area contributed by atoms with Gasteiger partial charge in [0.1, 0.15) is 0 Å². The van der Waals surface area contributed by atoms with Gasteiger partial charge in [-0.15, -0.1) is 0 Å². The van der Waals surface area contributed by atoms with Gasteiger partial charge in [0.05, 0.1) is 35.4 Å². The summed E-state index contributed by atoms with van der Waals surface area (Å²) in [4.78, 5) is 52.8. The van der Waals surface area contributed by atoms with Crippen LogP contribution in [0.5, 0.6) is 0 Å². The topological polar surface area (TPSA) is 113 Å². The van der Waals surface area contributed by atoms with Gasteiger partial charge in [-0.05, 0) is 54.2 Å². The van der Waals surface area contributed by atoms with E-state index in [4.69, 9.17) is 9.94 Å². The number of hydrogen-bond acceptors (Lipinski definition) is 6. The summed E-state index contributed by atoms with van der Waals surface area (Å²) < 4.78 is 5.36. The van der Waals surface area contributed by atoms with Gasteiger partial charge in [-0.25, -0.2) is 15.2 Å². The van der Waals surface area contributed by atoms with Crippen LogP contribution in [0.3, 0.4) is 0 Å². The number of imide groups is 1. The summed E-state index contributed by atoms with van der Waals surface area (Å²) in [6, 6.07) is 13.5. The van der Waals surface area contributed by atoms with Crippen molar-refractivity contribution in [3.05, 3.63) is 76.3 Å². The van der Waals surface area contributed by atoms with E-state index in [0.29, 0.717) is 39.8 Å². The SMILES string of the molecule is CCCCc1c2ccc(CC(=O)NO)ccc-2c(C(=O)OCC)c1N1C(=O)c2ccccc2C1=O.